The van der Waals surface area contributed by atoms with Gasteiger partial charge in [0.15, 0.2) is 9.84 Å². The fourth-order valence-electron chi connectivity index (χ4n) is 4.19. The highest BCUT2D eigenvalue weighted by atomic mass is 32.2. The third-order valence-electron chi connectivity index (χ3n) is 6.95. The molecule has 0 saturated heterocycles. The Bertz CT molecular complexity index is 1640. The van der Waals surface area contributed by atoms with Gasteiger partial charge in [-0.05, 0) is 79.8 Å². The average molecular weight is 512 g/mol. The third-order valence-corrected chi connectivity index (χ3v) is 9.04. The average Bonchev–Trinajstić information content (AvgIpc) is 3.70. The van der Waals surface area contributed by atoms with Gasteiger partial charge in [-0.1, -0.05) is 24.3 Å². The van der Waals surface area contributed by atoms with Crippen molar-refractivity contribution in [3.8, 4) is 22.3 Å². The molecule has 0 radical (unpaired) electrons. The zero-order valence-corrected chi connectivity index (χ0v) is 21.9. The monoisotopic (exact) mass is 511 g/mol. The van der Waals surface area contributed by atoms with Crippen molar-refractivity contribution in [1.82, 2.24) is 15.3 Å². The van der Waals surface area contributed by atoms with Gasteiger partial charge < -0.3 is 5.32 Å². The SMILES string of the molecule is CC(C)(c1cc(-c2cncc(-c3cccc(/C=C/C(=O)NC4CC4)c3)c2)c2ncccc2c1)S(C)(=O)=O. The highest BCUT2D eigenvalue weighted by molar-refractivity contribution is 7.91. The second-order valence-electron chi connectivity index (χ2n) is 10.1. The van der Waals surface area contributed by atoms with Crippen LogP contribution >= 0.6 is 0 Å². The molecule has 1 fully saturated rings. The summed E-state index contributed by atoms with van der Waals surface area (Å²) in [5.74, 6) is -0.0761. The Balaban J connectivity index is 1.54. The Morgan fingerprint density at radius 1 is 1.00 bits per heavy atom. The van der Waals surface area contributed by atoms with E-state index in [1.807, 2.05) is 60.7 Å². The number of carbonyl (C=O) groups is 1. The standard InChI is InChI=1S/C30H29N3O3S/c1-30(2,37(3,35)36)25-16-22-8-5-13-32-29(22)27(17-25)24-15-23(18-31-19-24)21-7-4-6-20(14-21)9-12-28(34)33-26-10-11-26/h4-9,12-19,26H,10-11H2,1-3H3,(H,33,34)/b12-9+. The van der Waals surface area contributed by atoms with Crippen molar-refractivity contribution >= 4 is 32.7 Å². The summed E-state index contributed by atoms with van der Waals surface area (Å²) in [6.07, 6.45) is 12.1. The Kier molecular flexibility index (Phi) is 6.42. The van der Waals surface area contributed by atoms with Crippen LogP contribution in [-0.4, -0.2) is 36.6 Å². The van der Waals surface area contributed by atoms with Crippen LogP contribution in [0.1, 0.15) is 37.8 Å². The molecule has 7 heteroatoms. The Morgan fingerprint density at radius 2 is 1.78 bits per heavy atom. The molecular formula is C30H29N3O3S. The summed E-state index contributed by atoms with van der Waals surface area (Å²) in [6, 6.07) is 17.9. The van der Waals surface area contributed by atoms with Crippen molar-refractivity contribution in [3.63, 3.8) is 0 Å². The summed E-state index contributed by atoms with van der Waals surface area (Å²) in [5.41, 5.74) is 5.94. The van der Waals surface area contributed by atoms with Crippen molar-refractivity contribution in [2.24, 2.45) is 0 Å². The number of benzene rings is 2. The van der Waals surface area contributed by atoms with Gasteiger partial charge in [0.05, 0.1) is 10.3 Å². The molecule has 0 spiro atoms. The van der Waals surface area contributed by atoms with E-state index >= 15 is 0 Å². The summed E-state index contributed by atoms with van der Waals surface area (Å²) in [5, 5.41) is 3.82. The number of hydrogen-bond donors (Lipinski definition) is 1. The lowest BCUT2D eigenvalue weighted by atomic mass is 9.93. The highest BCUT2D eigenvalue weighted by Crippen LogP contribution is 2.37. The molecule has 0 atom stereocenters. The fourth-order valence-corrected chi connectivity index (χ4v) is 4.74. The van der Waals surface area contributed by atoms with Gasteiger partial charge in [-0.15, -0.1) is 0 Å². The molecule has 2 heterocycles. The Labute approximate surface area is 217 Å². The number of fused-ring (bicyclic) bond motifs is 1. The van der Waals surface area contributed by atoms with Crippen LogP contribution in [0.5, 0.6) is 0 Å². The van der Waals surface area contributed by atoms with Gasteiger partial charge >= 0.3 is 0 Å². The molecular weight excluding hydrogens is 482 g/mol. The maximum Gasteiger partial charge on any atom is 0.244 e. The smallest absolute Gasteiger partial charge is 0.244 e. The van der Waals surface area contributed by atoms with E-state index in [1.54, 1.807) is 38.5 Å². The van der Waals surface area contributed by atoms with Crippen molar-refractivity contribution in [3.05, 3.63) is 90.4 Å². The quantitative estimate of drug-likeness (QED) is 0.329. The molecule has 0 unspecified atom stereocenters. The van der Waals surface area contributed by atoms with Crippen molar-refractivity contribution in [1.29, 1.82) is 0 Å². The predicted octanol–water partition coefficient (Wildman–Crippen LogP) is 5.54. The molecule has 5 rings (SSSR count). The second-order valence-corrected chi connectivity index (χ2v) is 12.7. The van der Waals surface area contributed by atoms with E-state index in [9.17, 15) is 13.2 Å². The number of pyridine rings is 2. The normalized spacial score (nSPS) is 14.2. The fraction of sp³-hybridized carbons (Fsp3) is 0.233. The predicted molar refractivity (Wildman–Crippen MR) is 148 cm³/mol. The lowest BCUT2D eigenvalue weighted by Crippen LogP contribution is -2.28. The molecule has 2 aromatic heterocycles. The van der Waals surface area contributed by atoms with Gasteiger partial charge in [0.2, 0.25) is 5.91 Å². The van der Waals surface area contributed by atoms with E-state index in [1.165, 1.54) is 6.26 Å². The zero-order valence-electron chi connectivity index (χ0n) is 21.1. The van der Waals surface area contributed by atoms with Crippen LogP contribution in [0.25, 0.3) is 39.2 Å². The summed E-state index contributed by atoms with van der Waals surface area (Å²) in [4.78, 5) is 21.1. The maximum atomic E-state index is 12.6. The van der Waals surface area contributed by atoms with Crippen LogP contribution in [0.2, 0.25) is 0 Å². The molecule has 37 heavy (non-hydrogen) atoms. The van der Waals surface area contributed by atoms with Crippen LogP contribution in [0.3, 0.4) is 0 Å². The first-order valence-electron chi connectivity index (χ1n) is 12.2. The van der Waals surface area contributed by atoms with Gasteiger partial charge in [0, 0.05) is 59.0 Å². The molecule has 0 aliphatic heterocycles. The number of aromatic nitrogens is 2. The number of nitrogens with one attached hydrogen (secondary N) is 1. The van der Waals surface area contributed by atoms with Gasteiger partial charge in [0.1, 0.15) is 0 Å². The summed E-state index contributed by atoms with van der Waals surface area (Å²) in [6.45, 7) is 3.45. The third kappa shape index (κ3) is 5.32. The van der Waals surface area contributed by atoms with Gasteiger partial charge in [-0.3, -0.25) is 14.8 Å². The zero-order chi connectivity index (χ0) is 26.2. The first-order chi connectivity index (χ1) is 17.6. The van der Waals surface area contributed by atoms with Crippen LogP contribution < -0.4 is 5.32 Å². The Morgan fingerprint density at radius 3 is 2.54 bits per heavy atom. The van der Waals surface area contributed by atoms with Gasteiger partial charge in [-0.2, -0.15) is 0 Å². The van der Waals surface area contributed by atoms with Crippen LogP contribution in [0, 0.1) is 0 Å². The summed E-state index contributed by atoms with van der Waals surface area (Å²) in [7, 11) is -3.36. The number of carbonyl (C=O) groups excluding carboxylic acids is 1. The lowest BCUT2D eigenvalue weighted by Gasteiger charge is -2.24. The molecule has 0 bridgehead atoms. The van der Waals surface area contributed by atoms with Crippen molar-refractivity contribution in [2.75, 3.05) is 6.26 Å². The maximum absolute atomic E-state index is 12.6. The van der Waals surface area contributed by atoms with Crippen molar-refractivity contribution < 1.29 is 13.2 Å². The Hall–Kier alpha value is -3.84. The molecule has 1 N–H and O–H groups in total. The lowest BCUT2D eigenvalue weighted by molar-refractivity contribution is -0.116. The number of sulfone groups is 1. The number of nitrogens with zero attached hydrogens (tertiary/aromatic N) is 2. The molecule has 6 nitrogen and oxygen atoms in total. The minimum atomic E-state index is -3.36. The molecule has 1 aliphatic rings. The van der Waals surface area contributed by atoms with Crippen molar-refractivity contribution in [2.45, 2.75) is 37.5 Å². The van der Waals surface area contributed by atoms with E-state index in [0.29, 0.717) is 11.6 Å². The first-order valence-corrected chi connectivity index (χ1v) is 14.1. The molecule has 1 aliphatic carbocycles. The number of rotatable bonds is 7. The molecule has 188 valence electrons. The number of amides is 1. The van der Waals surface area contributed by atoms with Gasteiger partial charge in [0.25, 0.3) is 0 Å². The molecule has 4 aromatic rings. The van der Waals surface area contributed by atoms with Crippen LogP contribution in [0.15, 0.2) is 79.3 Å². The van der Waals surface area contributed by atoms with E-state index in [2.05, 4.69) is 15.3 Å². The van der Waals surface area contributed by atoms with E-state index in [0.717, 1.165) is 51.6 Å². The molecule has 2 aromatic carbocycles. The van der Waals surface area contributed by atoms with Gasteiger partial charge in [-0.25, -0.2) is 8.42 Å². The minimum absolute atomic E-state index is 0.0761. The van der Waals surface area contributed by atoms with E-state index in [-0.39, 0.29) is 5.91 Å². The summed E-state index contributed by atoms with van der Waals surface area (Å²) < 4.78 is 24.1. The second kappa shape index (κ2) is 9.56. The topological polar surface area (TPSA) is 89.0 Å². The number of hydrogen-bond acceptors (Lipinski definition) is 5. The minimum Gasteiger partial charge on any atom is -0.350 e. The molecule has 1 saturated carbocycles. The highest BCUT2D eigenvalue weighted by Gasteiger charge is 2.33. The van der Waals surface area contributed by atoms with E-state index < -0.39 is 14.6 Å². The summed E-state index contributed by atoms with van der Waals surface area (Å²) >= 11 is 0. The first kappa shape index (κ1) is 24.8. The molecule has 1 amide bonds. The van der Waals surface area contributed by atoms with Crippen LogP contribution in [0.4, 0.5) is 0 Å². The van der Waals surface area contributed by atoms with Crippen LogP contribution in [-0.2, 0) is 19.4 Å². The van der Waals surface area contributed by atoms with E-state index in [4.69, 9.17) is 0 Å². The largest absolute Gasteiger partial charge is 0.350 e.